The van der Waals surface area contributed by atoms with Crippen LogP contribution in [0.25, 0.3) is 17.0 Å². The maximum absolute atomic E-state index is 11.4. The van der Waals surface area contributed by atoms with Crippen molar-refractivity contribution < 1.29 is 4.79 Å². The van der Waals surface area contributed by atoms with Gasteiger partial charge in [0, 0.05) is 36.3 Å². The fourth-order valence-corrected chi connectivity index (χ4v) is 1.97. The van der Waals surface area contributed by atoms with E-state index in [9.17, 15) is 4.79 Å². The van der Waals surface area contributed by atoms with Crippen LogP contribution in [-0.4, -0.2) is 20.3 Å². The first kappa shape index (κ1) is 12.3. The third kappa shape index (κ3) is 2.38. The van der Waals surface area contributed by atoms with Crippen molar-refractivity contribution in [2.24, 2.45) is 0 Å². The number of rotatable bonds is 3. The summed E-state index contributed by atoms with van der Waals surface area (Å²) in [5.74, 6) is 0.657. The first-order valence-corrected chi connectivity index (χ1v) is 6.46. The lowest BCUT2D eigenvalue weighted by molar-refractivity contribution is -0.115. The molecule has 2 aromatic heterocycles. The van der Waals surface area contributed by atoms with E-state index in [1.54, 1.807) is 6.20 Å². The zero-order valence-corrected chi connectivity index (χ0v) is 11.1. The molecule has 5 nitrogen and oxygen atoms in total. The number of anilines is 1. The van der Waals surface area contributed by atoms with Crippen LogP contribution in [0.2, 0.25) is 0 Å². The average molecular weight is 266 g/mol. The summed E-state index contributed by atoms with van der Waals surface area (Å²) in [7, 11) is 0. The Morgan fingerprint density at radius 1 is 1.35 bits per heavy atom. The molecular formula is C15H14N4O. The molecule has 0 unspecified atom stereocenters. The van der Waals surface area contributed by atoms with E-state index in [0.29, 0.717) is 12.2 Å². The molecule has 0 aliphatic rings. The smallest absolute Gasteiger partial charge is 0.234 e. The molecular weight excluding hydrogens is 252 g/mol. The molecule has 0 saturated heterocycles. The van der Waals surface area contributed by atoms with Gasteiger partial charge in [-0.2, -0.15) is 0 Å². The van der Waals surface area contributed by atoms with Crippen LogP contribution < -0.4 is 5.32 Å². The van der Waals surface area contributed by atoms with Crippen LogP contribution in [0, 0.1) is 0 Å². The Morgan fingerprint density at radius 3 is 3.05 bits per heavy atom. The van der Waals surface area contributed by atoms with Gasteiger partial charge in [-0.15, -0.1) is 0 Å². The Hall–Kier alpha value is -2.69. The topological polar surface area (TPSA) is 59.3 Å². The number of benzene rings is 1. The van der Waals surface area contributed by atoms with Gasteiger partial charge >= 0.3 is 0 Å². The van der Waals surface area contributed by atoms with Gasteiger partial charge < -0.3 is 5.32 Å². The van der Waals surface area contributed by atoms with Crippen LogP contribution in [0.15, 0.2) is 48.9 Å². The molecule has 3 aromatic rings. The van der Waals surface area contributed by atoms with Crippen molar-refractivity contribution in [1.82, 2.24) is 14.4 Å². The lowest BCUT2D eigenvalue weighted by Crippen LogP contribution is -2.09. The zero-order chi connectivity index (χ0) is 13.9. The minimum Gasteiger partial charge on any atom is -0.326 e. The Labute approximate surface area is 116 Å². The molecule has 0 saturated carbocycles. The summed E-state index contributed by atoms with van der Waals surface area (Å²) in [6.07, 6.45) is 6.00. The van der Waals surface area contributed by atoms with E-state index >= 15 is 0 Å². The molecule has 1 amide bonds. The number of amides is 1. The second-order valence-corrected chi connectivity index (χ2v) is 4.44. The second-order valence-electron chi connectivity index (χ2n) is 4.44. The molecule has 0 spiro atoms. The van der Waals surface area contributed by atoms with Crippen molar-refractivity contribution in [3.05, 3.63) is 48.9 Å². The number of hydrogen-bond donors (Lipinski definition) is 1. The summed E-state index contributed by atoms with van der Waals surface area (Å²) >= 11 is 0. The van der Waals surface area contributed by atoms with Crippen molar-refractivity contribution in [2.75, 3.05) is 5.32 Å². The molecule has 0 atom stereocenters. The van der Waals surface area contributed by atoms with Gasteiger partial charge in [-0.05, 0) is 18.2 Å². The van der Waals surface area contributed by atoms with Crippen molar-refractivity contribution in [1.29, 1.82) is 0 Å². The van der Waals surface area contributed by atoms with E-state index in [1.807, 2.05) is 54.0 Å². The van der Waals surface area contributed by atoms with Gasteiger partial charge in [-0.25, -0.2) is 9.97 Å². The molecule has 0 fully saturated rings. The molecule has 5 heteroatoms. The Bertz CT molecular complexity index is 730. The Kier molecular flexibility index (Phi) is 3.16. The van der Waals surface area contributed by atoms with Gasteiger partial charge in [0.25, 0.3) is 0 Å². The van der Waals surface area contributed by atoms with E-state index in [1.165, 1.54) is 0 Å². The molecule has 20 heavy (non-hydrogen) atoms. The fraction of sp³-hybridized carbons (Fsp3) is 0.133. The number of fused-ring (bicyclic) bond motifs is 1. The third-order valence-corrected chi connectivity index (χ3v) is 3.00. The quantitative estimate of drug-likeness (QED) is 0.793. The van der Waals surface area contributed by atoms with Gasteiger partial charge in [0.2, 0.25) is 11.7 Å². The van der Waals surface area contributed by atoms with Crippen LogP contribution in [0.1, 0.15) is 13.3 Å². The molecule has 1 aromatic carbocycles. The van der Waals surface area contributed by atoms with E-state index in [-0.39, 0.29) is 5.91 Å². The van der Waals surface area contributed by atoms with Gasteiger partial charge in [0.05, 0.1) is 5.69 Å². The van der Waals surface area contributed by atoms with Crippen LogP contribution in [0.4, 0.5) is 5.69 Å². The van der Waals surface area contributed by atoms with E-state index < -0.39 is 0 Å². The molecule has 2 heterocycles. The minimum absolute atomic E-state index is 0.00109. The maximum Gasteiger partial charge on any atom is 0.234 e. The van der Waals surface area contributed by atoms with Crippen LogP contribution in [-0.2, 0) is 4.79 Å². The number of hydrogen-bond acceptors (Lipinski definition) is 3. The third-order valence-electron chi connectivity index (χ3n) is 3.00. The fourth-order valence-electron chi connectivity index (χ4n) is 1.97. The summed E-state index contributed by atoms with van der Waals surface area (Å²) in [5.41, 5.74) is 2.56. The molecule has 1 N–H and O–H groups in total. The molecule has 0 radical (unpaired) electrons. The summed E-state index contributed by atoms with van der Waals surface area (Å²) in [4.78, 5) is 20.1. The van der Waals surface area contributed by atoms with Crippen LogP contribution in [0.5, 0.6) is 0 Å². The number of nitrogens with zero attached hydrogens (tertiary/aromatic N) is 3. The van der Waals surface area contributed by atoms with Gasteiger partial charge in [0.15, 0.2) is 0 Å². The summed E-state index contributed by atoms with van der Waals surface area (Å²) in [5, 5.41) is 2.85. The first-order chi connectivity index (χ1) is 9.76. The summed E-state index contributed by atoms with van der Waals surface area (Å²) in [6, 6.07) is 9.50. The summed E-state index contributed by atoms with van der Waals surface area (Å²) in [6.45, 7) is 1.83. The highest BCUT2D eigenvalue weighted by Gasteiger charge is 2.06. The molecule has 100 valence electrons. The van der Waals surface area contributed by atoms with Crippen molar-refractivity contribution in [3.63, 3.8) is 0 Å². The SMILES string of the molecule is CCC(=O)Nc1cccc(-c2cn3cccnc3n2)c1. The Balaban J connectivity index is 1.97. The molecule has 0 aliphatic heterocycles. The standard InChI is InChI=1S/C15H14N4O/c1-2-14(20)17-12-6-3-5-11(9-12)13-10-19-8-4-7-16-15(19)18-13/h3-10H,2H2,1H3,(H,17,20). The minimum atomic E-state index is -0.00109. The monoisotopic (exact) mass is 266 g/mol. The van der Waals surface area contributed by atoms with Gasteiger partial charge in [0.1, 0.15) is 0 Å². The lowest BCUT2D eigenvalue weighted by Gasteiger charge is -2.04. The first-order valence-electron chi connectivity index (χ1n) is 6.46. The van der Waals surface area contributed by atoms with Crippen molar-refractivity contribution >= 4 is 17.4 Å². The summed E-state index contributed by atoms with van der Waals surface area (Å²) < 4.78 is 1.87. The number of nitrogens with one attached hydrogen (secondary N) is 1. The van der Waals surface area contributed by atoms with Gasteiger partial charge in [-0.1, -0.05) is 19.1 Å². The molecule has 0 bridgehead atoms. The molecule has 0 aliphatic carbocycles. The highest BCUT2D eigenvalue weighted by Crippen LogP contribution is 2.22. The predicted molar refractivity (Wildman–Crippen MR) is 77.3 cm³/mol. The number of imidazole rings is 1. The van der Waals surface area contributed by atoms with Crippen molar-refractivity contribution in [3.8, 4) is 11.3 Å². The largest absolute Gasteiger partial charge is 0.326 e. The lowest BCUT2D eigenvalue weighted by atomic mass is 10.1. The van der Waals surface area contributed by atoms with Gasteiger partial charge in [-0.3, -0.25) is 9.20 Å². The van der Waals surface area contributed by atoms with E-state index in [2.05, 4.69) is 15.3 Å². The van der Waals surface area contributed by atoms with Crippen LogP contribution in [0.3, 0.4) is 0 Å². The predicted octanol–water partition coefficient (Wildman–Crippen LogP) is 2.74. The zero-order valence-electron chi connectivity index (χ0n) is 11.1. The van der Waals surface area contributed by atoms with E-state index in [0.717, 1.165) is 16.9 Å². The highest BCUT2D eigenvalue weighted by atomic mass is 16.1. The Morgan fingerprint density at radius 2 is 2.25 bits per heavy atom. The van der Waals surface area contributed by atoms with Crippen LogP contribution >= 0.6 is 0 Å². The highest BCUT2D eigenvalue weighted by molar-refractivity contribution is 5.91. The number of aromatic nitrogens is 3. The average Bonchev–Trinajstić information content (AvgIpc) is 2.91. The number of carbonyl (C=O) groups excluding carboxylic acids is 1. The van der Waals surface area contributed by atoms with E-state index in [4.69, 9.17) is 0 Å². The number of carbonyl (C=O) groups is 1. The normalized spacial score (nSPS) is 10.7. The van der Waals surface area contributed by atoms with Crippen molar-refractivity contribution in [2.45, 2.75) is 13.3 Å². The second kappa shape index (κ2) is 5.13. The molecule has 3 rings (SSSR count). The maximum atomic E-state index is 11.4.